The third-order valence-corrected chi connectivity index (χ3v) is 23.9. The molecule has 0 aliphatic rings. The number of nitrogens with one attached hydrogen (secondary N) is 4. The summed E-state index contributed by atoms with van der Waals surface area (Å²) in [7, 11) is -14.2. The van der Waals surface area contributed by atoms with E-state index in [1.165, 1.54) is 130 Å². The molecule has 4 aromatic heterocycles. The fraction of sp³-hybridized carbons (Fsp3) is 0.0649. The molecule has 4 heterocycles. The van der Waals surface area contributed by atoms with Gasteiger partial charge in [-0.2, -0.15) is 0 Å². The molecule has 6 N–H and O–H groups in total. The molecule has 8 aromatic carbocycles. The minimum Gasteiger partial charge on any atom is -0.496 e. The Morgan fingerprint density at radius 2 is 0.735 bits per heavy atom. The van der Waals surface area contributed by atoms with Crippen LogP contribution in [0.15, 0.2) is 220 Å². The minimum absolute atomic E-state index is 0.00741. The molecule has 0 radical (unpaired) electrons. The Bertz CT molecular complexity index is 6460. The maximum Gasteiger partial charge on any atom is 0.264 e. The first kappa shape index (κ1) is 90.3. The van der Waals surface area contributed by atoms with Crippen LogP contribution in [0.1, 0.15) is 80.9 Å². The van der Waals surface area contributed by atoms with E-state index in [1.54, 1.807) is 39.0 Å². The van der Waals surface area contributed by atoms with Gasteiger partial charge in [-0.05, 0) is 183 Å². The molecule has 117 heavy (non-hydrogen) atoms. The van der Waals surface area contributed by atoms with E-state index in [-0.39, 0.29) is 97.2 Å². The number of hydrogen-bond donors (Lipinski definition) is 5. The second-order valence-electron chi connectivity index (χ2n) is 24.1. The first-order valence-corrected chi connectivity index (χ1v) is 41.6. The van der Waals surface area contributed by atoms with Crippen molar-refractivity contribution in [3.05, 3.63) is 332 Å². The number of nitrogen functional groups attached to an aromatic ring is 1. The molecule has 0 unspecified atom stereocenters. The van der Waals surface area contributed by atoms with Crippen LogP contribution in [0.25, 0.3) is 0 Å². The van der Waals surface area contributed by atoms with Gasteiger partial charge in [0.25, 0.3) is 40.1 Å². The van der Waals surface area contributed by atoms with Crippen LogP contribution in [-0.4, -0.2) is 91.0 Å². The highest BCUT2D eigenvalue weighted by atomic mass is 35.5. The number of halogens is 13. The SMILES string of the molecule is COc1cc(F)ccc1C(=O)c1ncc(Cl)cc1NS(=O)(=O)c1ccc(Cl)c(C)c1.COc1cccc(F)c1C(=O)c1ncc(Cl)cc1NS(=O)(=O)c1cccc(Cl)c1F.Cc1cc(S(=O)(=O)Nc2cc(Cl)cnc2C(=O)c2cc(F)ccc2F)ccc1Cl.Cc1cc(S(=O)(=O)Nc2cc(Cl)cnc2C(=O)c2ccccc2N)ccc1Cl. The van der Waals surface area contributed by atoms with Gasteiger partial charge in [-0.25, -0.2) is 75.6 Å². The van der Waals surface area contributed by atoms with Gasteiger partial charge >= 0.3 is 0 Å². The summed E-state index contributed by atoms with van der Waals surface area (Å²) in [5.74, 6) is -7.74. The number of sulfonamides is 4. The average Bonchev–Trinajstić information content (AvgIpc) is 0.797. The number of nitrogens with zero attached hydrogens (tertiary/aromatic N) is 4. The summed E-state index contributed by atoms with van der Waals surface area (Å²) in [5, 5.41) is 1.13. The molecule has 606 valence electrons. The van der Waals surface area contributed by atoms with E-state index in [0.717, 1.165) is 60.9 Å². The number of carbonyl (C=O) groups excluding carboxylic acids is 4. The summed E-state index contributed by atoms with van der Waals surface area (Å²) >= 11 is 47.2. The predicted molar refractivity (Wildman–Crippen MR) is 437 cm³/mol. The van der Waals surface area contributed by atoms with E-state index in [2.05, 4.69) is 38.8 Å². The van der Waals surface area contributed by atoms with Crippen LogP contribution in [0, 0.1) is 49.9 Å². The van der Waals surface area contributed by atoms with E-state index in [1.807, 2.05) is 0 Å². The molecule has 0 spiro atoms. The van der Waals surface area contributed by atoms with Gasteiger partial charge in [0.1, 0.15) is 68.0 Å². The van der Waals surface area contributed by atoms with Gasteiger partial charge in [0, 0.05) is 57.2 Å². The first-order valence-electron chi connectivity index (χ1n) is 32.6. The third kappa shape index (κ3) is 22.2. The number of pyridine rings is 4. The van der Waals surface area contributed by atoms with Gasteiger partial charge in [0.15, 0.2) is 5.82 Å². The van der Waals surface area contributed by atoms with Crippen LogP contribution < -0.4 is 34.1 Å². The van der Waals surface area contributed by atoms with E-state index in [4.69, 9.17) is 108 Å². The molecule has 12 aromatic rings. The number of ether oxygens (including phenoxy) is 2. The largest absolute Gasteiger partial charge is 0.496 e. The molecule has 0 fully saturated rings. The molecule has 12 rings (SSSR count). The highest BCUT2D eigenvalue weighted by Gasteiger charge is 2.31. The normalized spacial score (nSPS) is 11.3. The Morgan fingerprint density at radius 1 is 0.359 bits per heavy atom. The standard InChI is InChI=1S/C20H15Cl2FN2O4S.C19H12Cl2F2N2O4S.C19H12Cl2F2N2O3S.C19H15Cl2N3O3S/c1-11-7-14(4-6-16(11)22)30(27,28)25-17-8-12(21)10-24-19(17)20(26)15-5-3-13(23)9-18(15)29-2;1-29-14-6-3-5-12(22)16(14)19(26)18-13(8-10(20)9-24-18)25-30(27,28)15-7-2-4-11(21)17(15)23;1-10-6-13(3-4-15(10)21)29(27,28)25-17-7-11(20)9-24-18(17)19(26)14-8-12(22)2-5-16(14)23;1-11-8-13(6-7-15(11)21)28(26,27)24-17-9-12(20)10-23-18(17)19(25)14-4-2-3-5-16(14)22/h3-10,25H,1-2H3;2-9,25H,1H3;2-9,25H,1H3;2-10,24H,22H2,1H3. The van der Waals surface area contributed by atoms with Crippen LogP contribution in [0.3, 0.4) is 0 Å². The van der Waals surface area contributed by atoms with Crippen molar-refractivity contribution >= 4 is 184 Å². The van der Waals surface area contributed by atoms with E-state index < -0.39 is 125 Å². The number of benzene rings is 8. The number of ketones is 4. The average molecular weight is 1840 g/mol. The summed E-state index contributed by atoms with van der Waals surface area (Å²) in [6.07, 6.45) is 4.64. The molecule has 0 aliphatic heterocycles. The number of hydrogen-bond acceptors (Lipinski definition) is 19. The van der Waals surface area contributed by atoms with Crippen LogP contribution >= 0.6 is 92.8 Å². The lowest BCUT2D eigenvalue weighted by Crippen LogP contribution is -2.19. The molecular weight excluding hydrogens is 1780 g/mol. The van der Waals surface area contributed by atoms with Gasteiger partial charge in [-0.15, -0.1) is 0 Å². The number of aromatic nitrogens is 4. The lowest BCUT2D eigenvalue weighted by atomic mass is 10.0. The van der Waals surface area contributed by atoms with Crippen molar-refractivity contribution in [2.75, 3.05) is 38.8 Å². The highest BCUT2D eigenvalue weighted by Crippen LogP contribution is 2.35. The number of nitrogens with two attached hydrogens (primary N) is 1. The van der Waals surface area contributed by atoms with Crippen molar-refractivity contribution in [1.82, 2.24) is 19.9 Å². The molecule has 0 aliphatic carbocycles. The summed E-state index contributed by atoms with van der Waals surface area (Å²) in [6, 6.07) is 36.6. The minimum atomic E-state index is -4.53. The topological polar surface area (TPSA) is 349 Å². The number of carbonyl (C=O) groups is 4. The Balaban J connectivity index is 0.000000178. The number of para-hydroxylation sites is 1. The summed E-state index contributed by atoms with van der Waals surface area (Å²) < 4.78 is 191. The predicted octanol–water partition coefficient (Wildman–Crippen LogP) is 18.9. The van der Waals surface area contributed by atoms with E-state index in [9.17, 15) is 74.8 Å². The second-order valence-corrected chi connectivity index (χ2v) is 34.2. The molecule has 0 amide bonds. The molecule has 0 saturated heterocycles. The Hall–Kier alpha value is -10.6. The zero-order valence-electron chi connectivity index (χ0n) is 60.2. The first-order chi connectivity index (χ1) is 55.0. The van der Waals surface area contributed by atoms with Crippen LogP contribution in [0.2, 0.25) is 40.2 Å². The highest BCUT2D eigenvalue weighted by molar-refractivity contribution is 7.93. The number of anilines is 5. The van der Waals surface area contributed by atoms with Crippen molar-refractivity contribution in [1.29, 1.82) is 0 Å². The van der Waals surface area contributed by atoms with E-state index >= 15 is 0 Å². The Kier molecular flexibility index (Phi) is 29.5. The van der Waals surface area contributed by atoms with E-state index in [0.29, 0.717) is 37.8 Å². The number of methoxy groups -OCH3 is 2. The lowest BCUT2D eigenvalue weighted by Gasteiger charge is -2.14. The quantitative estimate of drug-likeness (QED) is 0.0239. The summed E-state index contributed by atoms with van der Waals surface area (Å²) in [5.41, 5.74) is 4.90. The maximum atomic E-state index is 14.3. The molecule has 0 bridgehead atoms. The number of aryl methyl sites for hydroxylation is 3. The van der Waals surface area contributed by atoms with Gasteiger partial charge in [0.05, 0.1) is 87.9 Å². The van der Waals surface area contributed by atoms with Crippen LogP contribution in [0.4, 0.5) is 50.4 Å². The molecule has 0 atom stereocenters. The van der Waals surface area contributed by atoms with Crippen molar-refractivity contribution < 1.29 is 84.3 Å². The number of rotatable bonds is 22. The zero-order chi connectivity index (χ0) is 85.9. The van der Waals surface area contributed by atoms with Gasteiger partial charge in [0.2, 0.25) is 23.1 Å². The van der Waals surface area contributed by atoms with Crippen molar-refractivity contribution in [2.24, 2.45) is 0 Å². The van der Waals surface area contributed by atoms with Gasteiger partial charge in [-0.1, -0.05) is 117 Å². The fourth-order valence-corrected chi connectivity index (χ4v) is 16.1. The summed E-state index contributed by atoms with van der Waals surface area (Å²) in [6.45, 7) is 4.98. The molecule has 0 saturated carbocycles. The lowest BCUT2D eigenvalue weighted by molar-refractivity contribution is 0.102. The van der Waals surface area contributed by atoms with Gasteiger partial charge < -0.3 is 15.2 Å². The maximum absolute atomic E-state index is 14.3. The smallest absolute Gasteiger partial charge is 0.264 e. The second kappa shape index (κ2) is 38.2. The molecular formula is C77H54Cl8F5N9O14S4. The monoisotopic (exact) mass is 1830 g/mol. The Morgan fingerprint density at radius 3 is 1.15 bits per heavy atom. The van der Waals surface area contributed by atoms with Gasteiger partial charge in [-0.3, -0.25) is 38.1 Å². The molecule has 23 nitrogen and oxygen atoms in total. The van der Waals surface area contributed by atoms with Crippen LogP contribution in [-0.2, 0) is 40.1 Å². The summed E-state index contributed by atoms with van der Waals surface area (Å²) in [4.78, 5) is 66.3. The zero-order valence-corrected chi connectivity index (χ0v) is 69.5. The fourth-order valence-electron chi connectivity index (χ4n) is 10.3. The van der Waals surface area contributed by atoms with Crippen LogP contribution in [0.5, 0.6) is 11.5 Å². The Labute approximate surface area is 705 Å². The van der Waals surface area contributed by atoms with Crippen molar-refractivity contribution in [3.63, 3.8) is 0 Å². The molecule has 40 heteroatoms. The third-order valence-electron chi connectivity index (χ3n) is 16.0. The van der Waals surface area contributed by atoms with Crippen molar-refractivity contribution in [2.45, 2.75) is 40.4 Å². The van der Waals surface area contributed by atoms with Crippen molar-refractivity contribution in [3.8, 4) is 11.5 Å².